The lowest BCUT2D eigenvalue weighted by atomic mass is 9.91. The molecule has 5 aromatic carbocycles. The van der Waals surface area contributed by atoms with Gasteiger partial charge in [-0.2, -0.15) is 0 Å². The van der Waals surface area contributed by atoms with E-state index in [-0.39, 0.29) is 0 Å². The summed E-state index contributed by atoms with van der Waals surface area (Å²) < 4.78 is 0. The number of benzene rings is 5. The van der Waals surface area contributed by atoms with E-state index in [9.17, 15) is 0 Å². The molecule has 0 aromatic heterocycles. The zero-order chi connectivity index (χ0) is 23.7. The summed E-state index contributed by atoms with van der Waals surface area (Å²) in [6, 6.07) is 29.9. The molecular weight excluding hydrogens is 408 g/mol. The number of hydrogen-bond acceptors (Lipinski definition) is 0. The van der Waals surface area contributed by atoms with E-state index < -0.39 is 0 Å². The highest BCUT2D eigenvalue weighted by Gasteiger charge is 2.11. The van der Waals surface area contributed by atoms with Crippen LogP contribution >= 0.6 is 0 Å². The standard InChI is InChI=1S/C34H26/c1-23-17-24(2)20-27(19-23)13-15-33-29-9-5-7-11-31(29)34(32-12-8-6-10-30(32)33)16-14-28-21-25(3)18-26(4)22-28/h5-12,17-22H,1-4H3. The van der Waals surface area contributed by atoms with Crippen LogP contribution < -0.4 is 0 Å². The van der Waals surface area contributed by atoms with Gasteiger partial charge in [0.1, 0.15) is 0 Å². The Labute approximate surface area is 202 Å². The number of aryl methyl sites for hydroxylation is 4. The van der Waals surface area contributed by atoms with Gasteiger partial charge in [-0.3, -0.25) is 0 Å². The summed E-state index contributed by atoms with van der Waals surface area (Å²) in [6.45, 7) is 8.47. The molecule has 0 N–H and O–H groups in total. The quantitative estimate of drug-likeness (QED) is 0.171. The monoisotopic (exact) mass is 434 g/mol. The number of rotatable bonds is 0. The lowest BCUT2D eigenvalue weighted by Gasteiger charge is -2.10. The van der Waals surface area contributed by atoms with Gasteiger partial charge in [-0.1, -0.05) is 84.3 Å². The van der Waals surface area contributed by atoms with Crippen LogP contribution in [0.1, 0.15) is 44.5 Å². The van der Waals surface area contributed by atoms with Crippen LogP contribution in [0.4, 0.5) is 0 Å². The molecule has 0 saturated heterocycles. The lowest BCUT2D eigenvalue weighted by molar-refractivity contribution is 1.37. The Kier molecular flexibility index (Phi) is 5.67. The van der Waals surface area contributed by atoms with Gasteiger partial charge in [0.15, 0.2) is 0 Å². The van der Waals surface area contributed by atoms with Crippen LogP contribution in [0.2, 0.25) is 0 Å². The maximum atomic E-state index is 3.52. The Morgan fingerprint density at radius 3 is 0.971 bits per heavy atom. The smallest absolute Gasteiger partial charge is 0.0406 e. The molecule has 0 aliphatic rings. The van der Waals surface area contributed by atoms with Gasteiger partial charge in [-0.05, 0) is 95.8 Å². The number of hydrogen-bond donors (Lipinski definition) is 0. The molecule has 0 aliphatic carbocycles. The Morgan fingerprint density at radius 2 is 0.676 bits per heavy atom. The minimum absolute atomic E-state index is 1.05. The molecule has 0 amide bonds. The van der Waals surface area contributed by atoms with E-state index in [4.69, 9.17) is 0 Å². The molecule has 34 heavy (non-hydrogen) atoms. The van der Waals surface area contributed by atoms with Crippen molar-refractivity contribution in [1.29, 1.82) is 0 Å². The third-order valence-electron chi connectivity index (χ3n) is 6.04. The molecule has 5 aromatic rings. The van der Waals surface area contributed by atoms with E-state index in [1.165, 1.54) is 22.3 Å². The summed E-state index contributed by atoms with van der Waals surface area (Å²) in [4.78, 5) is 0. The molecule has 0 fully saturated rings. The Balaban J connectivity index is 1.76. The molecule has 162 valence electrons. The van der Waals surface area contributed by atoms with Gasteiger partial charge in [0.25, 0.3) is 0 Å². The second kappa shape index (κ2) is 8.94. The summed E-state index contributed by atoms with van der Waals surface area (Å²) in [6.07, 6.45) is 0. The topological polar surface area (TPSA) is 0 Å². The minimum Gasteiger partial charge on any atom is -0.0616 e. The Morgan fingerprint density at radius 1 is 0.382 bits per heavy atom. The van der Waals surface area contributed by atoms with E-state index in [1.54, 1.807) is 0 Å². The molecule has 0 aliphatic heterocycles. The summed E-state index contributed by atoms with van der Waals surface area (Å²) in [5.41, 5.74) is 9.14. The van der Waals surface area contributed by atoms with Crippen LogP contribution in [0.25, 0.3) is 21.5 Å². The Hall–Kier alpha value is -4.26. The molecule has 0 bridgehead atoms. The van der Waals surface area contributed by atoms with Gasteiger partial charge < -0.3 is 0 Å². The van der Waals surface area contributed by atoms with E-state index in [0.29, 0.717) is 0 Å². The fraction of sp³-hybridized carbons (Fsp3) is 0.118. The zero-order valence-corrected chi connectivity index (χ0v) is 20.1. The highest BCUT2D eigenvalue weighted by molar-refractivity contribution is 6.09. The molecule has 0 saturated carbocycles. The fourth-order valence-electron chi connectivity index (χ4n) is 4.76. The third-order valence-corrected chi connectivity index (χ3v) is 6.04. The highest BCUT2D eigenvalue weighted by atomic mass is 14.1. The van der Waals surface area contributed by atoms with Crippen molar-refractivity contribution in [3.05, 3.63) is 129 Å². The maximum absolute atomic E-state index is 3.52. The van der Waals surface area contributed by atoms with Gasteiger partial charge in [-0.15, -0.1) is 0 Å². The summed E-state index contributed by atoms with van der Waals surface area (Å²) in [5, 5.41) is 4.57. The summed E-state index contributed by atoms with van der Waals surface area (Å²) in [7, 11) is 0. The normalized spacial score (nSPS) is 10.5. The third kappa shape index (κ3) is 4.32. The first kappa shape index (κ1) is 21.6. The average molecular weight is 435 g/mol. The van der Waals surface area contributed by atoms with Gasteiger partial charge in [0, 0.05) is 22.3 Å². The van der Waals surface area contributed by atoms with Crippen LogP contribution in [0.3, 0.4) is 0 Å². The predicted molar refractivity (Wildman–Crippen MR) is 145 cm³/mol. The predicted octanol–water partition coefficient (Wildman–Crippen LogP) is 8.03. The van der Waals surface area contributed by atoms with Crippen molar-refractivity contribution < 1.29 is 0 Å². The minimum atomic E-state index is 1.05. The van der Waals surface area contributed by atoms with E-state index in [0.717, 1.165) is 43.8 Å². The molecule has 0 radical (unpaired) electrons. The van der Waals surface area contributed by atoms with Crippen molar-refractivity contribution in [3.63, 3.8) is 0 Å². The molecule has 0 unspecified atom stereocenters. The van der Waals surface area contributed by atoms with Crippen molar-refractivity contribution in [2.75, 3.05) is 0 Å². The molecule has 5 rings (SSSR count). The molecule has 0 heteroatoms. The first-order valence-corrected chi connectivity index (χ1v) is 11.6. The maximum Gasteiger partial charge on any atom is 0.0406 e. The lowest BCUT2D eigenvalue weighted by Crippen LogP contribution is -1.91. The van der Waals surface area contributed by atoms with Crippen molar-refractivity contribution in [1.82, 2.24) is 0 Å². The molecule has 0 heterocycles. The second-order valence-corrected chi connectivity index (χ2v) is 9.09. The van der Waals surface area contributed by atoms with Crippen molar-refractivity contribution >= 4 is 21.5 Å². The van der Waals surface area contributed by atoms with Crippen LogP contribution in [0, 0.1) is 51.4 Å². The molecule has 0 spiro atoms. The molecule has 0 nitrogen and oxygen atoms in total. The van der Waals surface area contributed by atoms with Crippen molar-refractivity contribution in [3.8, 4) is 23.7 Å². The SMILES string of the molecule is Cc1cc(C)cc(C#Cc2c3ccccc3c(C#Cc3cc(C)cc(C)c3)c3ccccc23)c1. The van der Waals surface area contributed by atoms with Crippen LogP contribution in [0.15, 0.2) is 84.9 Å². The van der Waals surface area contributed by atoms with Gasteiger partial charge in [-0.25, -0.2) is 0 Å². The van der Waals surface area contributed by atoms with Gasteiger partial charge in [0.05, 0.1) is 0 Å². The molecule has 0 atom stereocenters. The van der Waals surface area contributed by atoms with Crippen LogP contribution in [-0.4, -0.2) is 0 Å². The number of fused-ring (bicyclic) bond motifs is 2. The first-order chi connectivity index (χ1) is 16.5. The summed E-state index contributed by atoms with van der Waals surface area (Å²) in [5.74, 6) is 13.9. The first-order valence-electron chi connectivity index (χ1n) is 11.6. The van der Waals surface area contributed by atoms with E-state index >= 15 is 0 Å². The fourth-order valence-corrected chi connectivity index (χ4v) is 4.76. The van der Waals surface area contributed by atoms with Gasteiger partial charge in [0.2, 0.25) is 0 Å². The summed E-state index contributed by atoms with van der Waals surface area (Å²) >= 11 is 0. The van der Waals surface area contributed by atoms with Gasteiger partial charge >= 0.3 is 0 Å². The van der Waals surface area contributed by atoms with Crippen molar-refractivity contribution in [2.24, 2.45) is 0 Å². The second-order valence-electron chi connectivity index (χ2n) is 9.09. The largest absolute Gasteiger partial charge is 0.0616 e. The highest BCUT2D eigenvalue weighted by Crippen LogP contribution is 2.32. The zero-order valence-electron chi connectivity index (χ0n) is 20.1. The van der Waals surface area contributed by atoms with Crippen molar-refractivity contribution in [2.45, 2.75) is 27.7 Å². The molecular formula is C34H26. The Bertz CT molecular complexity index is 1470. The van der Waals surface area contributed by atoms with Crippen LogP contribution in [0.5, 0.6) is 0 Å². The average Bonchev–Trinajstić information content (AvgIpc) is 2.80. The van der Waals surface area contributed by atoms with E-state index in [1.807, 2.05) is 0 Å². The van der Waals surface area contributed by atoms with Crippen LogP contribution in [-0.2, 0) is 0 Å². The van der Waals surface area contributed by atoms with E-state index in [2.05, 4.69) is 136 Å².